The fourth-order valence-corrected chi connectivity index (χ4v) is 3.83. The summed E-state index contributed by atoms with van der Waals surface area (Å²) in [6.45, 7) is 1.84. The average molecular weight is 436 g/mol. The van der Waals surface area contributed by atoms with Crippen LogP contribution in [0.25, 0.3) is 16.4 Å². The summed E-state index contributed by atoms with van der Waals surface area (Å²) in [6.07, 6.45) is 0. The van der Waals surface area contributed by atoms with Gasteiger partial charge in [-0.1, -0.05) is 39.0 Å². The number of fused-ring (bicyclic) bond motifs is 1. The van der Waals surface area contributed by atoms with Crippen LogP contribution in [0.5, 0.6) is 0 Å². The number of halogens is 1. The highest BCUT2D eigenvalue weighted by Gasteiger charge is 2.11. The highest BCUT2D eigenvalue weighted by Crippen LogP contribution is 2.26. The first-order valence-corrected chi connectivity index (χ1v) is 9.77. The molecular weight excluding hydrogens is 426 g/mol. The molecule has 0 N–H and O–H groups in total. The van der Waals surface area contributed by atoms with Crippen molar-refractivity contribution in [3.63, 3.8) is 0 Å². The summed E-state index contributed by atoms with van der Waals surface area (Å²) < 4.78 is 7.95. The minimum absolute atomic E-state index is 0.189. The number of aryl methyl sites for hydroxylation is 1. The number of rotatable bonds is 4. The van der Waals surface area contributed by atoms with Crippen molar-refractivity contribution in [3.05, 3.63) is 55.9 Å². The zero-order valence-electron chi connectivity index (χ0n) is 12.8. The van der Waals surface area contributed by atoms with Crippen molar-refractivity contribution >= 4 is 44.0 Å². The summed E-state index contributed by atoms with van der Waals surface area (Å²) in [7, 11) is 0. The quantitative estimate of drug-likeness (QED) is 0.452. The first-order valence-electron chi connectivity index (χ1n) is 7.17. The summed E-state index contributed by atoms with van der Waals surface area (Å²) in [6, 6.07) is 9.10. The highest BCUT2D eigenvalue weighted by atomic mass is 79.9. The lowest BCUT2D eigenvalue weighted by Gasteiger charge is -1.97. The molecule has 0 spiro atoms. The molecule has 4 rings (SSSR count). The summed E-state index contributed by atoms with van der Waals surface area (Å²) in [5.74, 6) is 0.918. The molecule has 3 heterocycles. The maximum Gasteiger partial charge on any atom is 0.277 e. The Morgan fingerprint density at radius 1 is 1.28 bits per heavy atom. The third kappa shape index (κ3) is 3.51. The predicted molar refractivity (Wildman–Crippen MR) is 98.9 cm³/mol. The van der Waals surface area contributed by atoms with Gasteiger partial charge in [-0.15, -0.1) is 10.2 Å². The molecule has 0 atom stereocenters. The van der Waals surface area contributed by atoms with Gasteiger partial charge < -0.3 is 4.42 Å². The van der Waals surface area contributed by atoms with Crippen LogP contribution in [0.4, 0.5) is 0 Å². The monoisotopic (exact) mass is 435 g/mol. The molecule has 0 fully saturated rings. The molecule has 0 aliphatic carbocycles. The van der Waals surface area contributed by atoms with Crippen LogP contribution in [0.1, 0.15) is 10.7 Å². The Labute approximate surface area is 158 Å². The maximum atomic E-state index is 12.0. The molecule has 3 aromatic heterocycles. The molecule has 0 amide bonds. The standard InChI is InChI=1S/C15H10BrN5O2S2/c1-8-20-21-12(22)6-11(17-14(21)25-8)7-24-15-19-18-13(23-15)9-2-4-10(16)5-3-9/h2-6H,7H2,1H3. The normalized spacial score (nSPS) is 11.3. The summed E-state index contributed by atoms with van der Waals surface area (Å²) in [4.78, 5) is 17.1. The molecular formula is C15H10BrN5O2S2. The molecule has 1 aromatic carbocycles. The van der Waals surface area contributed by atoms with Crippen LogP contribution >= 0.6 is 39.0 Å². The zero-order chi connectivity index (χ0) is 17.4. The molecule has 0 saturated heterocycles. The smallest absolute Gasteiger partial charge is 0.277 e. The highest BCUT2D eigenvalue weighted by molar-refractivity contribution is 9.10. The second-order valence-corrected chi connectivity index (χ2v) is 8.07. The fraction of sp³-hybridized carbons (Fsp3) is 0.133. The van der Waals surface area contributed by atoms with E-state index in [4.69, 9.17) is 4.42 Å². The van der Waals surface area contributed by atoms with Crippen LogP contribution in [0.15, 0.2) is 49.2 Å². The minimum Gasteiger partial charge on any atom is -0.411 e. The van der Waals surface area contributed by atoms with E-state index in [1.54, 1.807) is 0 Å². The van der Waals surface area contributed by atoms with Gasteiger partial charge in [0.15, 0.2) is 0 Å². The van der Waals surface area contributed by atoms with Gasteiger partial charge in [0.05, 0.1) is 5.69 Å². The van der Waals surface area contributed by atoms with E-state index in [0.29, 0.717) is 27.5 Å². The molecule has 0 radical (unpaired) electrons. The van der Waals surface area contributed by atoms with Crippen LogP contribution < -0.4 is 5.56 Å². The van der Waals surface area contributed by atoms with E-state index < -0.39 is 0 Å². The minimum atomic E-state index is -0.189. The molecule has 7 nitrogen and oxygen atoms in total. The predicted octanol–water partition coefficient (Wildman–Crippen LogP) is 3.56. The van der Waals surface area contributed by atoms with Gasteiger partial charge in [0, 0.05) is 21.9 Å². The summed E-state index contributed by atoms with van der Waals surface area (Å²) in [5, 5.41) is 13.4. The first-order chi connectivity index (χ1) is 12.1. The van der Waals surface area contributed by atoms with Crippen molar-refractivity contribution in [2.75, 3.05) is 0 Å². The van der Waals surface area contributed by atoms with E-state index in [1.165, 1.54) is 33.7 Å². The molecule has 0 saturated carbocycles. The lowest BCUT2D eigenvalue weighted by Crippen LogP contribution is -2.15. The van der Waals surface area contributed by atoms with Crippen LogP contribution in [0, 0.1) is 6.92 Å². The third-order valence-corrected chi connectivity index (χ3v) is 5.44. The van der Waals surface area contributed by atoms with Gasteiger partial charge in [-0.3, -0.25) is 4.79 Å². The van der Waals surface area contributed by atoms with Crippen LogP contribution in [-0.2, 0) is 5.75 Å². The Morgan fingerprint density at radius 3 is 2.88 bits per heavy atom. The molecule has 4 aromatic rings. The second kappa shape index (κ2) is 6.70. The van der Waals surface area contributed by atoms with Gasteiger partial charge in [0.2, 0.25) is 10.9 Å². The molecule has 0 bridgehead atoms. The molecule has 0 unspecified atom stereocenters. The largest absolute Gasteiger partial charge is 0.411 e. The Hall–Kier alpha value is -2.04. The maximum absolute atomic E-state index is 12.0. The number of hydrogen-bond acceptors (Lipinski definition) is 8. The van der Waals surface area contributed by atoms with Crippen molar-refractivity contribution in [3.8, 4) is 11.5 Å². The van der Waals surface area contributed by atoms with E-state index in [1.807, 2.05) is 31.2 Å². The lowest BCUT2D eigenvalue weighted by molar-refractivity contribution is 0.466. The Kier molecular flexibility index (Phi) is 4.40. The lowest BCUT2D eigenvalue weighted by atomic mass is 10.2. The van der Waals surface area contributed by atoms with E-state index in [-0.39, 0.29) is 5.56 Å². The van der Waals surface area contributed by atoms with E-state index in [9.17, 15) is 4.79 Å². The van der Waals surface area contributed by atoms with Crippen LogP contribution in [-0.4, -0.2) is 24.8 Å². The number of benzene rings is 1. The SMILES string of the molecule is Cc1nn2c(=O)cc(CSc3nnc(-c4ccc(Br)cc4)o3)nc2s1. The van der Waals surface area contributed by atoms with Crippen LogP contribution in [0.3, 0.4) is 0 Å². The molecule has 0 aliphatic rings. The Bertz CT molecular complexity index is 1100. The number of hydrogen-bond donors (Lipinski definition) is 0. The van der Waals surface area contributed by atoms with Gasteiger partial charge in [-0.05, 0) is 31.2 Å². The number of nitrogens with zero attached hydrogens (tertiary/aromatic N) is 5. The van der Waals surface area contributed by atoms with Gasteiger partial charge in [-0.2, -0.15) is 9.61 Å². The Balaban J connectivity index is 1.52. The van der Waals surface area contributed by atoms with Crippen molar-refractivity contribution < 1.29 is 4.42 Å². The summed E-state index contributed by atoms with van der Waals surface area (Å²) >= 11 is 6.11. The summed E-state index contributed by atoms with van der Waals surface area (Å²) in [5.41, 5.74) is 1.31. The van der Waals surface area contributed by atoms with Crippen molar-refractivity contribution in [1.82, 2.24) is 24.8 Å². The topological polar surface area (TPSA) is 86.2 Å². The van der Waals surface area contributed by atoms with E-state index in [2.05, 4.69) is 36.2 Å². The first kappa shape index (κ1) is 16.4. The second-order valence-electron chi connectivity index (χ2n) is 5.07. The van der Waals surface area contributed by atoms with E-state index >= 15 is 0 Å². The van der Waals surface area contributed by atoms with Gasteiger partial charge in [-0.25, -0.2) is 4.98 Å². The molecule has 0 aliphatic heterocycles. The zero-order valence-corrected chi connectivity index (χ0v) is 16.1. The van der Waals surface area contributed by atoms with Crippen molar-refractivity contribution in [2.45, 2.75) is 17.9 Å². The van der Waals surface area contributed by atoms with Crippen molar-refractivity contribution in [1.29, 1.82) is 0 Å². The average Bonchev–Trinajstić information content (AvgIpc) is 3.20. The van der Waals surface area contributed by atoms with Gasteiger partial charge in [0.25, 0.3) is 10.8 Å². The Morgan fingerprint density at radius 2 is 2.08 bits per heavy atom. The van der Waals surface area contributed by atoms with Gasteiger partial charge >= 0.3 is 0 Å². The molecule has 25 heavy (non-hydrogen) atoms. The van der Waals surface area contributed by atoms with Crippen LogP contribution in [0.2, 0.25) is 0 Å². The number of aromatic nitrogens is 5. The molecule has 10 heteroatoms. The van der Waals surface area contributed by atoms with Gasteiger partial charge in [0.1, 0.15) is 5.01 Å². The van der Waals surface area contributed by atoms with Crippen molar-refractivity contribution in [2.24, 2.45) is 0 Å². The third-order valence-electron chi connectivity index (χ3n) is 3.24. The van der Waals surface area contributed by atoms with E-state index in [0.717, 1.165) is 15.0 Å². The number of thioether (sulfide) groups is 1. The molecule has 126 valence electrons. The fourth-order valence-electron chi connectivity index (χ4n) is 2.14.